The number of hydrogen-bond acceptors (Lipinski definition) is 5. The third-order valence-corrected chi connectivity index (χ3v) is 4.32. The van der Waals surface area contributed by atoms with E-state index >= 15 is 0 Å². The van der Waals surface area contributed by atoms with Crippen LogP contribution >= 0.6 is 0 Å². The summed E-state index contributed by atoms with van der Waals surface area (Å²) in [6.07, 6.45) is 0. The molecule has 3 aromatic rings. The molecule has 0 bridgehead atoms. The highest BCUT2D eigenvalue weighted by Gasteiger charge is 2.21. The fourth-order valence-electron chi connectivity index (χ4n) is 2.86. The zero-order chi connectivity index (χ0) is 20.1. The van der Waals surface area contributed by atoms with Crippen LogP contribution in [0.1, 0.15) is 32.9 Å². The van der Waals surface area contributed by atoms with Crippen LogP contribution in [0.15, 0.2) is 54.6 Å². The number of carbonyl (C=O) groups excluding carboxylic acids is 1. The number of nitrogens with one attached hydrogen (secondary N) is 1. The van der Waals surface area contributed by atoms with Crippen LogP contribution in [0.3, 0.4) is 0 Å². The normalized spacial score (nSPS) is 10.6. The number of benzene rings is 2. The number of carbonyl (C=O) groups is 1. The molecule has 0 radical (unpaired) electrons. The lowest BCUT2D eigenvalue weighted by atomic mass is 10.1. The minimum absolute atomic E-state index is 0.0339. The number of nitro groups is 1. The first-order valence-electron chi connectivity index (χ1n) is 8.69. The smallest absolute Gasteiger partial charge is 0.269 e. The molecule has 8 heteroatoms. The van der Waals surface area contributed by atoms with Crippen molar-refractivity contribution < 1.29 is 14.6 Å². The third kappa shape index (κ3) is 4.41. The van der Waals surface area contributed by atoms with Gasteiger partial charge in [0.05, 0.1) is 18.1 Å². The van der Waals surface area contributed by atoms with Crippen molar-refractivity contribution in [2.45, 2.75) is 27.0 Å². The zero-order valence-corrected chi connectivity index (χ0v) is 15.6. The Balaban J connectivity index is 1.59. The quantitative estimate of drug-likeness (QED) is 0.501. The van der Waals surface area contributed by atoms with Crippen LogP contribution in [-0.2, 0) is 18.0 Å². The van der Waals surface area contributed by atoms with Crippen molar-refractivity contribution in [2.75, 3.05) is 0 Å². The van der Waals surface area contributed by atoms with Crippen molar-refractivity contribution in [1.82, 2.24) is 15.3 Å². The maximum Gasteiger partial charge on any atom is 0.312 e. The monoisotopic (exact) mass is 380 g/mol. The molecule has 1 N–H and O–H groups in total. The number of hydrogen-bond donors (Lipinski definition) is 1. The van der Waals surface area contributed by atoms with Crippen LogP contribution in [-0.4, -0.2) is 20.6 Å². The summed E-state index contributed by atoms with van der Waals surface area (Å²) in [5.41, 5.74) is 5.62. The Hall–Kier alpha value is -3.52. The molecule has 0 aliphatic heterocycles. The van der Waals surface area contributed by atoms with E-state index < -0.39 is 4.92 Å². The molecule has 1 heterocycles. The van der Waals surface area contributed by atoms with Crippen molar-refractivity contribution in [3.8, 4) is 0 Å². The molecule has 3 rings (SSSR count). The van der Waals surface area contributed by atoms with Gasteiger partial charge in [0.15, 0.2) is 0 Å². The minimum atomic E-state index is -0.420. The molecule has 2 aromatic carbocycles. The van der Waals surface area contributed by atoms with E-state index in [4.69, 9.17) is 4.84 Å². The second-order valence-corrected chi connectivity index (χ2v) is 6.34. The average Bonchev–Trinajstić information content (AvgIpc) is 2.96. The molecule has 0 unspecified atom stereocenters. The molecule has 1 amide bonds. The van der Waals surface area contributed by atoms with Gasteiger partial charge in [-0.15, -0.1) is 0 Å². The highest BCUT2D eigenvalue weighted by atomic mass is 16.7. The Morgan fingerprint density at radius 3 is 2.39 bits per heavy atom. The summed E-state index contributed by atoms with van der Waals surface area (Å²) >= 11 is 0. The van der Waals surface area contributed by atoms with E-state index in [1.54, 1.807) is 42.8 Å². The van der Waals surface area contributed by atoms with E-state index in [-0.39, 0.29) is 18.2 Å². The van der Waals surface area contributed by atoms with Crippen LogP contribution in [0.4, 0.5) is 5.69 Å². The van der Waals surface area contributed by atoms with Crippen molar-refractivity contribution in [1.29, 1.82) is 0 Å². The van der Waals surface area contributed by atoms with Gasteiger partial charge in [-0.3, -0.25) is 24.4 Å². The van der Waals surface area contributed by atoms with Gasteiger partial charge >= 0.3 is 5.69 Å². The van der Waals surface area contributed by atoms with E-state index in [9.17, 15) is 14.9 Å². The van der Waals surface area contributed by atoms with Gasteiger partial charge in [0, 0.05) is 5.56 Å². The highest BCUT2D eigenvalue weighted by molar-refractivity contribution is 5.93. The molecular weight excluding hydrogens is 360 g/mol. The first kappa shape index (κ1) is 19.2. The van der Waals surface area contributed by atoms with Gasteiger partial charge in [-0.05, 0) is 37.1 Å². The Labute approximate surface area is 161 Å². The summed E-state index contributed by atoms with van der Waals surface area (Å²) in [4.78, 5) is 28.1. The Morgan fingerprint density at radius 2 is 1.79 bits per heavy atom. The van der Waals surface area contributed by atoms with Crippen molar-refractivity contribution in [2.24, 2.45) is 0 Å². The summed E-state index contributed by atoms with van der Waals surface area (Å²) in [5, 5.41) is 15.3. The predicted molar refractivity (Wildman–Crippen MR) is 103 cm³/mol. The zero-order valence-electron chi connectivity index (χ0n) is 15.6. The van der Waals surface area contributed by atoms with Gasteiger partial charge in [0.25, 0.3) is 5.91 Å². The Kier molecular flexibility index (Phi) is 5.81. The van der Waals surface area contributed by atoms with Crippen LogP contribution < -0.4 is 5.48 Å². The molecule has 144 valence electrons. The molecule has 1 aromatic heterocycles. The van der Waals surface area contributed by atoms with E-state index in [2.05, 4.69) is 10.6 Å². The second kappa shape index (κ2) is 8.45. The van der Waals surface area contributed by atoms with E-state index in [1.165, 1.54) is 0 Å². The summed E-state index contributed by atoms with van der Waals surface area (Å²) in [6.45, 7) is 3.95. The summed E-state index contributed by atoms with van der Waals surface area (Å²) in [5.74, 6) is -0.343. The van der Waals surface area contributed by atoms with Crippen molar-refractivity contribution >= 4 is 11.6 Å². The summed E-state index contributed by atoms with van der Waals surface area (Å²) < 4.78 is 1.59. The number of nitrogens with zero attached hydrogens (tertiary/aromatic N) is 3. The average molecular weight is 380 g/mol. The fraction of sp³-hybridized carbons (Fsp3) is 0.200. The predicted octanol–water partition coefficient (Wildman–Crippen LogP) is 3.32. The summed E-state index contributed by atoms with van der Waals surface area (Å²) in [7, 11) is 0. The first-order chi connectivity index (χ1) is 13.5. The largest absolute Gasteiger partial charge is 0.312 e. The van der Waals surface area contributed by atoms with Gasteiger partial charge in [-0.25, -0.2) is 5.48 Å². The lowest BCUT2D eigenvalue weighted by Gasteiger charge is -2.08. The van der Waals surface area contributed by atoms with Gasteiger partial charge in [0.1, 0.15) is 11.4 Å². The van der Waals surface area contributed by atoms with E-state index in [0.717, 1.165) is 11.1 Å². The molecule has 0 saturated carbocycles. The summed E-state index contributed by atoms with van der Waals surface area (Å²) in [6, 6.07) is 16.5. The molecule has 8 nitrogen and oxygen atoms in total. The van der Waals surface area contributed by atoms with Gasteiger partial charge in [0.2, 0.25) is 0 Å². The molecule has 0 aliphatic carbocycles. The van der Waals surface area contributed by atoms with Crippen molar-refractivity contribution in [3.63, 3.8) is 0 Å². The van der Waals surface area contributed by atoms with Gasteiger partial charge in [-0.2, -0.15) is 5.10 Å². The van der Waals surface area contributed by atoms with E-state index in [0.29, 0.717) is 23.5 Å². The van der Waals surface area contributed by atoms with Crippen molar-refractivity contribution in [3.05, 3.63) is 92.8 Å². The first-order valence-corrected chi connectivity index (χ1v) is 8.69. The lowest BCUT2D eigenvalue weighted by molar-refractivity contribution is -0.386. The fourth-order valence-corrected chi connectivity index (χ4v) is 2.86. The number of amides is 1. The Bertz CT molecular complexity index is 981. The molecule has 28 heavy (non-hydrogen) atoms. The van der Waals surface area contributed by atoms with Crippen LogP contribution in [0.25, 0.3) is 0 Å². The minimum Gasteiger partial charge on any atom is -0.269 e. The van der Waals surface area contributed by atoms with Crippen LogP contribution in [0, 0.1) is 24.0 Å². The highest BCUT2D eigenvalue weighted by Crippen LogP contribution is 2.22. The number of aryl methyl sites for hydroxylation is 1. The SMILES string of the molecule is Cc1nn(Cc2ccc(C(=O)NOCc3ccccc3)cc2)c(C)c1[N+](=O)[O-]. The van der Waals surface area contributed by atoms with Gasteiger partial charge < -0.3 is 0 Å². The molecular formula is C20H20N4O4. The number of hydroxylamine groups is 1. The molecule has 0 fully saturated rings. The molecule has 0 aliphatic rings. The molecule has 0 saturated heterocycles. The third-order valence-electron chi connectivity index (χ3n) is 4.32. The number of rotatable bonds is 7. The standard InChI is InChI=1S/C20H20N4O4/c1-14-19(24(26)27)15(2)23(21-14)12-16-8-10-18(11-9-16)20(25)22-28-13-17-6-4-3-5-7-17/h3-11H,12-13H2,1-2H3,(H,22,25). The number of aromatic nitrogens is 2. The van der Waals surface area contributed by atoms with Crippen LogP contribution in [0.5, 0.6) is 0 Å². The lowest BCUT2D eigenvalue weighted by Crippen LogP contribution is -2.23. The molecule has 0 atom stereocenters. The topological polar surface area (TPSA) is 99.3 Å². The molecule has 0 spiro atoms. The second-order valence-electron chi connectivity index (χ2n) is 6.34. The maximum absolute atomic E-state index is 12.2. The van der Waals surface area contributed by atoms with Crippen LogP contribution in [0.2, 0.25) is 0 Å². The van der Waals surface area contributed by atoms with E-state index in [1.807, 2.05) is 30.3 Å². The maximum atomic E-state index is 12.2. The van der Waals surface area contributed by atoms with Gasteiger partial charge in [-0.1, -0.05) is 42.5 Å². The Morgan fingerprint density at radius 1 is 1.11 bits per heavy atom.